The predicted molar refractivity (Wildman–Crippen MR) is 139 cm³/mol. The number of halogens is 3. The number of nitrogens with zero attached hydrogens (tertiary/aromatic N) is 1. The van der Waals surface area contributed by atoms with Crippen molar-refractivity contribution in [2.24, 2.45) is 0 Å². The molecular weight excluding hydrogens is 554 g/mol. The average Bonchev–Trinajstić information content (AvgIpc) is 2.83. The van der Waals surface area contributed by atoms with Gasteiger partial charge < -0.3 is 9.47 Å². The van der Waals surface area contributed by atoms with Crippen molar-refractivity contribution in [1.82, 2.24) is 5.32 Å². The number of hydrogen-bond acceptors (Lipinski definition) is 5. The summed E-state index contributed by atoms with van der Waals surface area (Å²) in [6.07, 6.45) is 1.35. The second kappa shape index (κ2) is 11.0. The summed E-state index contributed by atoms with van der Waals surface area (Å²) in [5, 5.41) is 2.20. The van der Waals surface area contributed by atoms with Crippen molar-refractivity contribution in [3.05, 3.63) is 93.5 Å². The molecule has 36 heavy (non-hydrogen) atoms. The van der Waals surface area contributed by atoms with Crippen LogP contribution in [-0.4, -0.2) is 23.5 Å². The van der Waals surface area contributed by atoms with Crippen molar-refractivity contribution in [3.8, 4) is 11.5 Å². The summed E-state index contributed by atoms with van der Waals surface area (Å²) in [5.41, 5.74) is 0.475. The number of thiocarbonyl (C=S) groups is 1. The molecule has 0 aromatic heterocycles. The van der Waals surface area contributed by atoms with Gasteiger partial charge in [-0.25, -0.2) is 13.7 Å². The maximum atomic E-state index is 14.4. The number of amides is 2. The third kappa shape index (κ3) is 5.29. The maximum Gasteiger partial charge on any atom is 0.270 e. The predicted octanol–water partition coefficient (Wildman–Crippen LogP) is 5.54. The molecule has 4 rings (SSSR count). The minimum absolute atomic E-state index is 0.0400. The summed E-state index contributed by atoms with van der Waals surface area (Å²) < 4.78 is 40.4. The largest absolute Gasteiger partial charge is 0.490 e. The van der Waals surface area contributed by atoms with Crippen molar-refractivity contribution in [3.63, 3.8) is 0 Å². The topological polar surface area (TPSA) is 67.9 Å². The van der Waals surface area contributed by atoms with E-state index in [1.165, 1.54) is 30.3 Å². The third-order valence-corrected chi connectivity index (χ3v) is 6.04. The van der Waals surface area contributed by atoms with Gasteiger partial charge in [0.25, 0.3) is 11.8 Å². The fourth-order valence-corrected chi connectivity index (χ4v) is 4.36. The van der Waals surface area contributed by atoms with E-state index >= 15 is 0 Å². The number of nitrogens with one attached hydrogen (secondary N) is 1. The van der Waals surface area contributed by atoms with Crippen LogP contribution in [0.25, 0.3) is 6.08 Å². The quantitative estimate of drug-likeness (QED) is 0.229. The van der Waals surface area contributed by atoms with E-state index in [0.29, 0.717) is 33.7 Å². The van der Waals surface area contributed by atoms with E-state index in [9.17, 15) is 18.4 Å². The molecule has 0 radical (unpaired) electrons. The highest BCUT2D eigenvalue weighted by molar-refractivity contribution is 9.10. The second-order valence-electron chi connectivity index (χ2n) is 7.55. The molecular formula is C26H19BrF2N2O4S. The van der Waals surface area contributed by atoms with Crippen LogP contribution in [0.2, 0.25) is 0 Å². The highest BCUT2D eigenvalue weighted by atomic mass is 79.9. The van der Waals surface area contributed by atoms with Gasteiger partial charge in [-0.2, -0.15) is 0 Å². The first-order valence-electron chi connectivity index (χ1n) is 10.8. The summed E-state index contributed by atoms with van der Waals surface area (Å²) in [7, 11) is 0. The summed E-state index contributed by atoms with van der Waals surface area (Å²) in [4.78, 5) is 26.8. The Hall–Kier alpha value is -3.63. The summed E-state index contributed by atoms with van der Waals surface area (Å²) in [6.45, 7) is 2.05. The number of carbonyl (C=O) groups excluding carboxylic acids is 2. The van der Waals surface area contributed by atoms with Crippen LogP contribution in [0.1, 0.15) is 18.1 Å². The molecule has 0 atom stereocenters. The Labute approximate surface area is 219 Å². The van der Waals surface area contributed by atoms with E-state index in [-0.39, 0.29) is 23.0 Å². The fourth-order valence-electron chi connectivity index (χ4n) is 3.52. The first-order chi connectivity index (χ1) is 17.3. The minimum atomic E-state index is -0.775. The van der Waals surface area contributed by atoms with Gasteiger partial charge in [-0.3, -0.25) is 14.9 Å². The summed E-state index contributed by atoms with van der Waals surface area (Å²) in [5.74, 6) is -1.90. The number of carbonyl (C=O) groups is 2. The number of rotatable bonds is 7. The Kier molecular flexibility index (Phi) is 7.76. The number of anilines is 1. The molecule has 3 aromatic carbocycles. The van der Waals surface area contributed by atoms with Gasteiger partial charge in [0.1, 0.15) is 23.8 Å². The van der Waals surface area contributed by atoms with Crippen molar-refractivity contribution < 1.29 is 27.8 Å². The van der Waals surface area contributed by atoms with Crippen molar-refractivity contribution >= 4 is 56.8 Å². The van der Waals surface area contributed by atoms with Gasteiger partial charge in [-0.15, -0.1) is 0 Å². The molecule has 1 saturated heterocycles. The molecule has 1 N–H and O–H groups in total. The van der Waals surface area contributed by atoms with E-state index in [4.69, 9.17) is 21.7 Å². The SMILES string of the molecule is CCOc1cc(/C=C2\C(=O)NC(=S)N(c3ccccc3F)C2=O)cc(Br)c1OCc1ccccc1F. The maximum absolute atomic E-state index is 14.4. The van der Waals surface area contributed by atoms with Gasteiger partial charge in [0.2, 0.25) is 0 Å². The monoisotopic (exact) mass is 572 g/mol. The van der Waals surface area contributed by atoms with Crippen LogP contribution in [0.4, 0.5) is 14.5 Å². The molecule has 0 spiro atoms. The van der Waals surface area contributed by atoms with Crippen LogP contribution in [0.15, 0.2) is 70.7 Å². The van der Waals surface area contributed by atoms with Crippen molar-refractivity contribution in [1.29, 1.82) is 0 Å². The van der Waals surface area contributed by atoms with Gasteiger partial charge >= 0.3 is 0 Å². The third-order valence-electron chi connectivity index (χ3n) is 5.17. The summed E-state index contributed by atoms with van der Waals surface area (Å²) in [6, 6.07) is 15.1. The smallest absolute Gasteiger partial charge is 0.270 e. The number of ether oxygens (including phenoxy) is 2. The van der Waals surface area contributed by atoms with E-state index < -0.39 is 23.4 Å². The molecule has 0 aliphatic carbocycles. The van der Waals surface area contributed by atoms with Gasteiger partial charge in [0.05, 0.1) is 16.8 Å². The van der Waals surface area contributed by atoms with Gasteiger partial charge in [0.15, 0.2) is 16.6 Å². The Bertz CT molecular complexity index is 1400. The zero-order chi connectivity index (χ0) is 25.8. The van der Waals surface area contributed by atoms with E-state index in [1.54, 1.807) is 43.3 Å². The second-order valence-corrected chi connectivity index (χ2v) is 8.79. The number of para-hydroxylation sites is 1. The van der Waals surface area contributed by atoms with Crippen LogP contribution >= 0.6 is 28.1 Å². The molecule has 1 aliphatic rings. The first-order valence-corrected chi connectivity index (χ1v) is 12.0. The zero-order valence-corrected chi connectivity index (χ0v) is 21.3. The molecule has 1 aliphatic heterocycles. The van der Waals surface area contributed by atoms with Gasteiger partial charge in [0, 0.05) is 5.56 Å². The number of hydrogen-bond donors (Lipinski definition) is 1. The molecule has 2 amide bonds. The van der Waals surface area contributed by atoms with Gasteiger partial charge in [-0.1, -0.05) is 30.3 Å². The first kappa shape index (κ1) is 25.5. The normalized spacial score (nSPS) is 14.7. The Morgan fingerprint density at radius 3 is 2.42 bits per heavy atom. The molecule has 10 heteroatoms. The van der Waals surface area contributed by atoms with E-state index in [0.717, 1.165) is 4.90 Å². The van der Waals surface area contributed by atoms with Crippen LogP contribution in [0.3, 0.4) is 0 Å². The van der Waals surface area contributed by atoms with Crippen molar-refractivity contribution in [2.75, 3.05) is 11.5 Å². The lowest BCUT2D eigenvalue weighted by Crippen LogP contribution is -2.54. The van der Waals surface area contributed by atoms with E-state index in [2.05, 4.69) is 21.2 Å². The van der Waals surface area contributed by atoms with Crippen LogP contribution in [0, 0.1) is 11.6 Å². The molecule has 1 heterocycles. The zero-order valence-electron chi connectivity index (χ0n) is 18.9. The van der Waals surface area contributed by atoms with Crippen LogP contribution < -0.4 is 19.7 Å². The van der Waals surface area contributed by atoms with Crippen LogP contribution in [0.5, 0.6) is 11.5 Å². The minimum Gasteiger partial charge on any atom is -0.490 e. The number of benzene rings is 3. The molecule has 6 nitrogen and oxygen atoms in total. The molecule has 0 saturated carbocycles. The lowest BCUT2D eigenvalue weighted by molar-refractivity contribution is -0.122. The highest BCUT2D eigenvalue weighted by Crippen LogP contribution is 2.38. The molecule has 184 valence electrons. The molecule has 0 unspecified atom stereocenters. The lowest BCUT2D eigenvalue weighted by atomic mass is 10.1. The Balaban J connectivity index is 1.68. The van der Waals surface area contributed by atoms with Gasteiger partial charge in [-0.05, 0) is 77.0 Å². The highest BCUT2D eigenvalue weighted by Gasteiger charge is 2.35. The van der Waals surface area contributed by atoms with E-state index in [1.807, 2.05) is 0 Å². The Morgan fingerprint density at radius 2 is 1.72 bits per heavy atom. The average molecular weight is 573 g/mol. The molecule has 1 fully saturated rings. The molecule has 0 bridgehead atoms. The standard InChI is InChI=1S/C26H19BrF2N2O4S/c1-2-34-22-13-15(12-18(27)23(22)35-14-16-7-3-4-8-19(16)28)11-17-24(32)30-26(36)31(25(17)33)21-10-6-5-9-20(21)29/h3-13H,2,14H2,1H3,(H,30,32,36)/b17-11+. The lowest BCUT2D eigenvalue weighted by Gasteiger charge is -2.29. The Morgan fingerprint density at radius 1 is 1.03 bits per heavy atom. The molecule has 3 aromatic rings. The van der Waals surface area contributed by atoms with Crippen molar-refractivity contribution in [2.45, 2.75) is 13.5 Å². The fraction of sp³-hybridized carbons (Fsp3) is 0.115. The summed E-state index contributed by atoms with van der Waals surface area (Å²) >= 11 is 8.55. The van der Waals surface area contributed by atoms with Crippen LogP contribution in [-0.2, 0) is 16.2 Å².